The van der Waals surface area contributed by atoms with E-state index < -0.39 is 0 Å². The van der Waals surface area contributed by atoms with Crippen LogP contribution in [0.3, 0.4) is 0 Å². The lowest BCUT2D eigenvalue weighted by atomic mass is 10.3. The third kappa shape index (κ3) is 5.49. The van der Waals surface area contributed by atoms with Gasteiger partial charge in [0.25, 0.3) is 0 Å². The number of hydrogen-bond acceptors (Lipinski definition) is 3. The third-order valence-corrected chi connectivity index (χ3v) is 2.59. The summed E-state index contributed by atoms with van der Waals surface area (Å²) in [7, 11) is 0. The van der Waals surface area contributed by atoms with Gasteiger partial charge >= 0.3 is 0 Å². The standard InChI is InChI=1S/C10H15N3S2/c1-2-3-4-5-6-11-9(14)13-10-12-7-8-15-10/h3-4,7-8H,2,5-6H2,1H3,(H2,11,12,13,14)/b4-3-. The molecule has 0 bridgehead atoms. The summed E-state index contributed by atoms with van der Waals surface area (Å²) in [6.45, 7) is 2.98. The molecule has 82 valence electrons. The van der Waals surface area contributed by atoms with Crippen LogP contribution >= 0.6 is 23.6 Å². The first-order chi connectivity index (χ1) is 7.33. The van der Waals surface area contributed by atoms with Crippen molar-refractivity contribution in [2.45, 2.75) is 19.8 Å². The van der Waals surface area contributed by atoms with Gasteiger partial charge in [-0.15, -0.1) is 11.3 Å². The molecule has 0 spiro atoms. The molecular weight excluding hydrogens is 226 g/mol. The summed E-state index contributed by atoms with van der Waals surface area (Å²) in [6, 6.07) is 0. The van der Waals surface area contributed by atoms with E-state index in [0.717, 1.165) is 24.5 Å². The molecule has 1 aromatic rings. The Hall–Kier alpha value is -0.940. The van der Waals surface area contributed by atoms with E-state index in [4.69, 9.17) is 12.2 Å². The second-order valence-electron chi connectivity index (χ2n) is 2.89. The maximum absolute atomic E-state index is 5.10. The van der Waals surface area contributed by atoms with Crippen LogP contribution in [0.25, 0.3) is 0 Å². The van der Waals surface area contributed by atoms with Gasteiger partial charge in [-0.1, -0.05) is 19.1 Å². The molecule has 1 heterocycles. The minimum Gasteiger partial charge on any atom is -0.362 e. The van der Waals surface area contributed by atoms with E-state index in [0.29, 0.717) is 5.11 Å². The Labute approximate surface area is 99.6 Å². The quantitative estimate of drug-likeness (QED) is 0.472. The fourth-order valence-corrected chi connectivity index (χ4v) is 1.78. The van der Waals surface area contributed by atoms with Crippen LogP contribution in [0.5, 0.6) is 0 Å². The predicted molar refractivity (Wildman–Crippen MR) is 70.4 cm³/mol. The van der Waals surface area contributed by atoms with E-state index in [1.807, 2.05) is 5.38 Å². The molecular formula is C10H15N3S2. The molecule has 0 radical (unpaired) electrons. The van der Waals surface area contributed by atoms with Crippen LogP contribution in [0.15, 0.2) is 23.7 Å². The number of thiazole rings is 1. The Balaban J connectivity index is 2.11. The van der Waals surface area contributed by atoms with E-state index in [1.54, 1.807) is 6.20 Å². The zero-order valence-electron chi connectivity index (χ0n) is 8.69. The smallest absolute Gasteiger partial charge is 0.188 e. The van der Waals surface area contributed by atoms with Crippen molar-refractivity contribution in [3.05, 3.63) is 23.7 Å². The predicted octanol–water partition coefficient (Wildman–Crippen LogP) is 2.79. The second-order valence-corrected chi connectivity index (χ2v) is 4.19. The van der Waals surface area contributed by atoms with Crippen molar-refractivity contribution in [1.82, 2.24) is 10.3 Å². The Morgan fingerprint density at radius 1 is 1.60 bits per heavy atom. The summed E-state index contributed by atoms with van der Waals surface area (Å²) in [5.41, 5.74) is 0. The summed E-state index contributed by atoms with van der Waals surface area (Å²) in [5.74, 6) is 0. The zero-order valence-corrected chi connectivity index (χ0v) is 10.3. The van der Waals surface area contributed by atoms with Crippen LogP contribution in [-0.2, 0) is 0 Å². The molecule has 0 fully saturated rings. The first-order valence-electron chi connectivity index (χ1n) is 4.92. The van der Waals surface area contributed by atoms with Crippen molar-refractivity contribution in [3.8, 4) is 0 Å². The van der Waals surface area contributed by atoms with Crippen LogP contribution in [0, 0.1) is 0 Å². The topological polar surface area (TPSA) is 37.0 Å². The maximum Gasteiger partial charge on any atom is 0.188 e. The molecule has 0 aliphatic rings. The van der Waals surface area contributed by atoms with Crippen molar-refractivity contribution in [3.63, 3.8) is 0 Å². The van der Waals surface area contributed by atoms with Crippen molar-refractivity contribution >= 4 is 33.8 Å². The normalized spacial score (nSPS) is 10.5. The molecule has 0 aromatic carbocycles. The van der Waals surface area contributed by atoms with Crippen LogP contribution in [0.4, 0.5) is 5.13 Å². The molecule has 1 aromatic heterocycles. The summed E-state index contributed by atoms with van der Waals surface area (Å²) in [6.07, 6.45) is 8.13. The Morgan fingerprint density at radius 3 is 3.13 bits per heavy atom. The molecule has 0 unspecified atom stereocenters. The fraction of sp³-hybridized carbons (Fsp3) is 0.400. The molecule has 2 N–H and O–H groups in total. The highest BCUT2D eigenvalue weighted by atomic mass is 32.1. The first kappa shape index (κ1) is 12.1. The van der Waals surface area contributed by atoms with Gasteiger partial charge in [0, 0.05) is 18.1 Å². The van der Waals surface area contributed by atoms with E-state index in [9.17, 15) is 0 Å². The SMILES string of the molecule is CC/C=C\CCNC(=S)Nc1nccs1. The lowest BCUT2D eigenvalue weighted by molar-refractivity contribution is 0.894. The van der Waals surface area contributed by atoms with Crippen molar-refractivity contribution in [2.75, 3.05) is 11.9 Å². The Morgan fingerprint density at radius 2 is 2.47 bits per heavy atom. The highest BCUT2D eigenvalue weighted by molar-refractivity contribution is 7.80. The van der Waals surface area contributed by atoms with Crippen molar-refractivity contribution in [1.29, 1.82) is 0 Å². The largest absolute Gasteiger partial charge is 0.362 e. The number of thiocarbonyl (C=S) groups is 1. The van der Waals surface area contributed by atoms with Gasteiger partial charge in [0.2, 0.25) is 0 Å². The highest BCUT2D eigenvalue weighted by Crippen LogP contribution is 2.09. The molecule has 0 saturated heterocycles. The van der Waals surface area contributed by atoms with Gasteiger partial charge in [-0.25, -0.2) is 4.98 Å². The van der Waals surface area contributed by atoms with Gasteiger partial charge in [0.1, 0.15) is 0 Å². The lowest BCUT2D eigenvalue weighted by Gasteiger charge is -2.06. The van der Waals surface area contributed by atoms with Crippen LogP contribution < -0.4 is 10.6 Å². The van der Waals surface area contributed by atoms with Gasteiger partial charge in [0.05, 0.1) is 0 Å². The number of nitrogens with one attached hydrogen (secondary N) is 2. The zero-order chi connectivity index (χ0) is 10.9. The molecule has 5 heteroatoms. The number of aromatic nitrogens is 1. The van der Waals surface area contributed by atoms with Gasteiger partial charge in [-0.3, -0.25) is 0 Å². The molecule has 0 amide bonds. The summed E-state index contributed by atoms with van der Waals surface area (Å²) >= 11 is 6.64. The monoisotopic (exact) mass is 241 g/mol. The summed E-state index contributed by atoms with van der Waals surface area (Å²) in [5, 5.41) is 9.51. The third-order valence-electron chi connectivity index (χ3n) is 1.65. The average Bonchev–Trinajstić information content (AvgIpc) is 2.70. The Bertz CT molecular complexity index is 306. The van der Waals surface area contributed by atoms with Crippen LogP contribution in [-0.4, -0.2) is 16.6 Å². The molecule has 0 aliphatic carbocycles. The minimum absolute atomic E-state index is 0.634. The number of rotatable bonds is 5. The average molecular weight is 241 g/mol. The number of allylic oxidation sites excluding steroid dienone is 1. The maximum atomic E-state index is 5.10. The molecule has 1 rings (SSSR count). The van der Waals surface area contributed by atoms with Crippen LogP contribution in [0.1, 0.15) is 19.8 Å². The second kappa shape index (κ2) is 7.36. The van der Waals surface area contributed by atoms with E-state index in [-0.39, 0.29) is 0 Å². The Kier molecular flexibility index (Phi) is 5.96. The summed E-state index contributed by atoms with van der Waals surface area (Å²) < 4.78 is 0. The highest BCUT2D eigenvalue weighted by Gasteiger charge is 1.97. The molecule has 0 atom stereocenters. The first-order valence-corrected chi connectivity index (χ1v) is 6.21. The van der Waals surface area contributed by atoms with E-state index >= 15 is 0 Å². The van der Waals surface area contributed by atoms with Crippen molar-refractivity contribution < 1.29 is 0 Å². The van der Waals surface area contributed by atoms with Gasteiger partial charge in [-0.05, 0) is 25.1 Å². The molecule has 0 saturated carbocycles. The van der Waals surface area contributed by atoms with E-state index in [1.165, 1.54) is 11.3 Å². The van der Waals surface area contributed by atoms with Gasteiger partial charge in [0.15, 0.2) is 10.2 Å². The van der Waals surface area contributed by atoms with Gasteiger partial charge < -0.3 is 10.6 Å². The number of nitrogens with zero attached hydrogens (tertiary/aromatic N) is 1. The fourth-order valence-electron chi connectivity index (χ4n) is 0.980. The van der Waals surface area contributed by atoms with E-state index in [2.05, 4.69) is 34.7 Å². The molecule has 15 heavy (non-hydrogen) atoms. The van der Waals surface area contributed by atoms with Crippen molar-refractivity contribution in [2.24, 2.45) is 0 Å². The molecule has 3 nitrogen and oxygen atoms in total. The lowest BCUT2D eigenvalue weighted by Crippen LogP contribution is -2.28. The minimum atomic E-state index is 0.634. The summed E-state index contributed by atoms with van der Waals surface area (Å²) in [4.78, 5) is 4.08. The number of anilines is 1. The molecule has 0 aliphatic heterocycles. The number of hydrogen-bond donors (Lipinski definition) is 2. The van der Waals surface area contributed by atoms with Gasteiger partial charge in [-0.2, -0.15) is 0 Å². The van der Waals surface area contributed by atoms with Crippen LogP contribution in [0.2, 0.25) is 0 Å².